The van der Waals surface area contributed by atoms with Gasteiger partial charge in [0, 0.05) is 30.8 Å². The average Bonchev–Trinajstić information content (AvgIpc) is 3.28. The van der Waals surface area contributed by atoms with Gasteiger partial charge >= 0.3 is 0 Å². The van der Waals surface area contributed by atoms with E-state index in [9.17, 15) is 4.79 Å². The van der Waals surface area contributed by atoms with Gasteiger partial charge in [0.25, 0.3) is 5.91 Å². The Bertz CT molecular complexity index is 1140. The predicted molar refractivity (Wildman–Crippen MR) is 138 cm³/mol. The van der Waals surface area contributed by atoms with Gasteiger partial charge in [0.05, 0.1) is 6.61 Å². The molecule has 0 bridgehead atoms. The molecule has 0 saturated carbocycles. The van der Waals surface area contributed by atoms with Crippen LogP contribution in [0.2, 0.25) is 0 Å². The second-order valence-electron chi connectivity index (χ2n) is 10.6. The fraction of sp³-hybridized carbons (Fsp3) is 0.433. The van der Waals surface area contributed by atoms with Crippen LogP contribution in [0.1, 0.15) is 49.0 Å². The third-order valence-electron chi connectivity index (χ3n) is 7.60. The number of rotatable bonds is 6. The lowest BCUT2D eigenvalue weighted by Gasteiger charge is -2.39. The van der Waals surface area contributed by atoms with Gasteiger partial charge in [0.1, 0.15) is 5.75 Å². The number of piperidine rings is 1. The number of nitrogens with zero attached hydrogens (tertiary/aromatic N) is 2. The van der Waals surface area contributed by atoms with Crippen LogP contribution in [0.25, 0.3) is 10.8 Å². The third kappa shape index (κ3) is 4.83. The summed E-state index contributed by atoms with van der Waals surface area (Å²) in [4.78, 5) is 18.1. The van der Waals surface area contributed by atoms with Gasteiger partial charge in [-0.1, -0.05) is 68.4 Å². The highest BCUT2D eigenvalue weighted by molar-refractivity contribution is 6.07. The van der Waals surface area contributed by atoms with Crippen LogP contribution in [0.3, 0.4) is 0 Å². The van der Waals surface area contributed by atoms with Crippen LogP contribution in [0, 0.1) is 11.3 Å². The van der Waals surface area contributed by atoms with Crippen molar-refractivity contribution in [2.45, 2.75) is 39.7 Å². The van der Waals surface area contributed by atoms with E-state index in [-0.39, 0.29) is 11.3 Å². The summed E-state index contributed by atoms with van der Waals surface area (Å²) < 4.78 is 6.08. The lowest BCUT2D eigenvalue weighted by atomic mass is 9.77. The zero-order valence-corrected chi connectivity index (χ0v) is 20.5. The van der Waals surface area contributed by atoms with Crippen molar-refractivity contribution in [2.24, 2.45) is 11.3 Å². The van der Waals surface area contributed by atoms with E-state index in [1.54, 1.807) is 0 Å². The number of hydrogen-bond acceptors (Lipinski definition) is 3. The molecular formula is C30H36N2O2. The molecule has 0 N–H and O–H groups in total. The summed E-state index contributed by atoms with van der Waals surface area (Å²) in [7, 11) is 0. The summed E-state index contributed by atoms with van der Waals surface area (Å²) in [6.45, 7) is 9.96. The third-order valence-corrected chi connectivity index (χ3v) is 7.60. The summed E-state index contributed by atoms with van der Waals surface area (Å²) in [5.41, 5.74) is 2.38. The number of carbonyl (C=O) groups is 1. The maximum atomic E-state index is 13.4. The van der Waals surface area contributed by atoms with Crippen molar-refractivity contribution < 1.29 is 9.53 Å². The fourth-order valence-corrected chi connectivity index (χ4v) is 5.56. The molecule has 178 valence electrons. The van der Waals surface area contributed by atoms with Gasteiger partial charge in [0.15, 0.2) is 0 Å². The molecule has 3 aromatic carbocycles. The monoisotopic (exact) mass is 456 g/mol. The van der Waals surface area contributed by atoms with Crippen LogP contribution < -0.4 is 4.74 Å². The van der Waals surface area contributed by atoms with E-state index in [0.717, 1.165) is 80.7 Å². The Hall–Kier alpha value is -2.85. The summed E-state index contributed by atoms with van der Waals surface area (Å²) in [6, 6.07) is 22.7. The standard InChI is InChI=1S/C30H36N2O2/c1-23(2)21-34-28-13-6-4-9-25(28)20-31-17-14-30(15-18-31)16-19-32(22-30)29(33)27-12-7-10-24-8-3-5-11-26(24)27/h3-13,23H,14-22H2,1-2H3. The number of hydrogen-bond donors (Lipinski definition) is 0. The summed E-state index contributed by atoms with van der Waals surface area (Å²) in [6.07, 6.45) is 3.42. The molecule has 2 saturated heterocycles. The van der Waals surface area contributed by atoms with Crippen molar-refractivity contribution in [3.8, 4) is 5.75 Å². The van der Waals surface area contributed by atoms with Crippen molar-refractivity contribution in [3.63, 3.8) is 0 Å². The number of likely N-dealkylation sites (tertiary alicyclic amines) is 2. The maximum absolute atomic E-state index is 13.4. The molecule has 4 heteroatoms. The lowest BCUT2D eigenvalue weighted by Crippen LogP contribution is -2.42. The van der Waals surface area contributed by atoms with E-state index >= 15 is 0 Å². The van der Waals surface area contributed by atoms with Crippen molar-refractivity contribution >= 4 is 16.7 Å². The van der Waals surface area contributed by atoms with E-state index in [2.05, 4.69) is 66.1 Å². The van der Waals surface area contributed by atoms with Gasteiger partial charge in [-0.25, -0.2) is 0 Å². The Labute approximate surface area is 203 Å². The first-order valence-electron chi connectivity index (χ1n) is 12.7. The minimum absolute atomic E-state index is 0.187. The van der Waals surface area contributed by atoms with E-state index in [4.69, 9.17) is 4.74 Å². The minimum atomic E-state index is 0.187. The molecular weight excluding hydrogens is 420 g/mol. The normalized spacial score (nSPS) is 18.1. The number of carbonyl (C=O) groups excluding carboxylic acids is 1. The van der Waals surface area contributed by atoms with Crippen LogP contribution in [0.4, 0.5) is 0 Å². The minimum Gasteiger partial charge on any atom is -0.493 e. The van der Waals surface area contributed by atoms with E-state index < -0.39 is 0 Å². The van der Waals surface area contributed by atoms with Crippen LogP contribution in [0.15, 0.2) is 66.7 Å². The molecule has 1 spiro atoms. The summed E-state index contributed by atoms with van der Waals surface area (Å²) >= 11 is 0. The smallest absolute Gasteiger partial charge is 0.254 e. The van der Waals surface area contributed by atoms with E-state index in [1.807, 2.05) is 24.3 Å². The van der Waals surface area contributed by atoms with Gasteiger partial charge in [-0.2, -0.15) is 0 Å². The summed E-state index contributed by atoms with van der Waals surface area (Å²) in [5, 5.41) is 2.19. The quantitative estimate of drug-likeness (QED) is 0.456. The molecule has 0 aliphatic carbocycles. The second-order valence-corrected chi connectivity index (χ2v) is 10.6. The molecule has 0 atom stereocenters. The van der Waals surface area contributed by atoms with Gasteiger partial charge in [0.2, 0.25) is 0 Å². The number of para-hydroxylation sites is 1. The largest absolute Gasteiger partial charge is 0.493 e. The highest BCUT2D eigenvalue weighted by Crippen LogP contribution is 2.41. The molecule has 34 heavy (non-hydrogen) atoms. The zero-order valence-electron chi connectivity index (χ0n) is 20.5. The molecule has 1 amide bonds. The molecule has 0 unspecified atom stereocenters. The van der Waals surface area contributed by atoms with Crippen LogP contribution >= 0.6 is 0 Å². The van der Waals surface area contributed by atoms with Gasteiger partial charge in [-0.05, 0) is 66.6 Å². The second kappa shape index (κ2) is 9.79. The molecule has 4 nitrogen and oxygen atoms in total. The van der Waals surface area contributed by atoms with Crippen molar-refractivity contribution in [1.82, 2.24) is 9.80 Å². The molecule has 2 fully saturated rings. The highest BCUT2D eigenvalue weighted by Gasteiger charge is 2.42. The van der Waals surface area contributed by atoms with E-state index in [1.165, 1.54) is 5.56 Å². The first-order chi connectivity index (χ1) is 16.5. The van der Waals surface area contributed by atoms with Crippen LogP contribution in [0.5, 0.6) is 5.75 Å². The Morgan fingerprint density at radius 3 is 2.44 bits per heavy atom. The molecule has 2 aliphatic heterocycles. The summed E-state index contributed by atoms with van der Waals surface area (Å²) in [5.74, 6) is 1.72. The Morgan fingerprint density at radius 2 is 1.62 bits per heavy atom. The predicted octanol–water partition coefficient (Wildman–Crippen LogP) is 6.00. The van der Waals surface area contributed by atoms with Crippen molar-refractivity contribution in [3.05, 3.63) is 77.9 Å². The molecule has 5 rings (SSSR count). The molecule has 0 radical (unpaired) electrons. The first-order valence-corrected chi connectivity index (χ1v) is 12.7. The Balaban J connectivity index is 1.21. The van der Waals surface area contributed by atoms with Gasteiger partial charge in [-0.15, -0.1) is 0 Å². The van der Waals surface area contributed by atoms with Crippen LogP contribution in [-0.4, -0.2) is 48.5 Å². The van der Waals surface area contributed by atoms with Crippen LogP contribution in [-0.2, 0) is 6.54 Å². The average molecular weight is 457 g/mol. The fourth-order valence-electron chi connectivity index (χ4n) is 5.56. The highest BCUT2D eigenvalue weighted by atomic mass is 16.5. The van der Waals surface area contributed by atoms with E-state index in [0.29, 0.717) is 5.92 Å². The number of amides is 1. The zero-order chi connectivity index (χ0) is 23.5. The molecule has 2 aliphatic rings. The SMILES string of the molecule is CC(C)COc1ccccc1CN1CCC2(CC1)CCN(C(=O)c1cccc3ccccc13)C2. The number of benzene rings is 3. The van der Waals surface area contributed by atoms with Crippen molar-refractivity contribution in [2.75, 3.05) is 32.8 Å². The number of ether oxygens (including phenoxy) is 1. The lowest BCUT2D eigenvalue weighted by molar-refractivity contribution is 0.0714. The maximum Gasteiger partial charge on any atom is 0.254 e. The van der Waals surface area contributed by atoms with Crippen molar-refractivity contribution in [1.29, 1.82) is 0 Å². The van der Waals surface area contributed by atoms with Gasteiger partial charge in [-0.3, -0.25) is 9.69 Å². The topological polar surface area (TPSA) is 32.8 Å². The first kappa shape index (κ1) is 22.9. The molecule has 2 heterocycles. The van der Waals surface area contributed by atoms with Gasteiger partial charge < -0.3 is 9.64 Å². The number of fused-ring (bicyclic) bond motifs is 1. The Morgan fingerprint density at radius 1 is 0.912 bits per heavy atom. The molecule has 3 aromatic rings. The Kier molecular flexibility index (Phi) is 6.60. The molecule has 0 aromatic heterocycles.